The highest BCUT2D eigenvalue weighted by molar-refractivity contribution is 8.01. The smallest absolute Gasteiger partial charge is 0.233 e. The molecule has 4 nitrogen and oxygen atoms in total. The predicted octanol–water partition coefficient (Wildman–Crippen LogP) is 4.16. The van der Waals surface area contributed by atoms with Gasteiger partial charge >= 0.3 is 0 Å². The van der Waals surface area contributed by atoms with Crippen LogP contribution in [0.3, 0.4) is 0 Å². The molecule has 2 aromatic rings. The largest absolute Gasteiger partial charge is 0.339 e. The molecule has 1 aliphatic rings. The van der Waals surface area contributed by atoms with E-state index in [-0.39, 0.29) is 5.91 Å². The van der Waals surface area contributed by atoms with Crippen LogP contribution in [0.5, 0.6) is 0 Å². The maximum atomic E-state index is 12.4. The number of thioether (sulfide) groups is 1. The van der Waals surface area contributed by atoms with Gasteiger partial charge in [0.15, 0.2) is 8.29 Å². The maximum Gasteiger partial charge on any atom is 0.233 e. The average molecular weight is 366 g/mol. The molecule has 1 amide bonds. The van der Waals surface area contributed by atoms with E-state index in [0.717, 1.165) is 29.4 Å². The van der Waals surface area contributed by atoms with Gasteiger partial charge in [-0.3, -0.25) is 4.79 Å². The van der Waals surface area contributed by atoms with Gasteiger partial charge < -0.3 is 4.90 Å². The van der Waals surface area contributed by atoms with E-state index in [4.69, 9.17) is 12.2 Å². The standard InChI is InChI=1S/C16H19N3OS3/c1-12-7-5-6-10-18(12)14(20)11-22-15-17-19(16(21)23-15)13-8-3-2-4-9-13/h2-4,8-9,12H,5-7,10-11H2,1H3/t12-/m1/s1. The van der Waals surface area contributed by atoms with Crippen LogP contribution in [0.15, 0.2) is 34.7 Å². The van der Waals surface area contributed by atoms with E-state index in [9.17, 15) is 4.79 Å². The summed E-state index contributed by atoms with van der Waals surface area (Å²) in [6.07, 6.45) is 3.45. The molecule has 0 unspecified atom stereocenters. The summed E-state index contributed by atoms with van der Waals surface area (Å²) in [6, 6.07) is 10.2. The zero-order valence-electron chi connectivity index (χ0n) is 13.0. The molecule has 0 saturated carbocycles. The second-order valence-electron chi connectivity index (χ2n) is 5.60. The van der Waals surface area contributed by atoms with Gasteiger partial charge in [-0.2, -0.15) is 0 Å². The molecular weight excluding hydrogens is 346 g/mol. The van der Waals surface area contributed by atoms with Crippen molar-refractivity contribution in [2.45, 2.75) is 36.6 Å². The van der Waals surface area contributed by atoms with Crippen LogP contribution in [0.25, 0.3) is 5.69 Å². The van der Waals surface area contributed by atoms with Crippen molar-refractivity contribution in [1.29, 1.82) is 0 Å². The molecule has 0 spiro atoms. The van der Waals surface area contributed by atoms with Crippen LogP contribution in [0.4, 0.5) is 0 Å². The fourth-order valence-electron chi connectivity index (χ4n) is 2.73. The van der Waals surface area contributed by atoms with E-state index in [1.54, 1.807) is 4.68 Å². The molecule has 23 heavy (non-hydrogen) atoms. The van der Waals surface area contributed by atoms with Gasteiger partial charge in [0, 0.05) is 12.6 Å². The molecule has 0 radical (unpaired) electrons. The molecular formula is C16H19N3OS3. The lowest BCUT2D eigenvalue weighted by molar-refractivity contribution is -0.131. The van der Waals surface area contributed by atoms with Gasteiger partial charge in [-0.05, 0) is 50.5 Å². The Morgan fingerprint density at radius 1 is 1.39 bits per heavy atom. The van der Waals surface area contributed by atoms with Gasteiger partial charge in [0.1, 0.15) is 0 Å². The van der Waals surface area contributed by atoms with Crippen molar-refractivity contribution in [1.82, 2.24) is 14.7 Å². The van der Waals surface area contributed by atoms with Crippen LogP contribution in [0, 0.1) is 3.95 Å². The Bertz CT molecular complexity index is 726. The number of hydrogen-bond acceptors (Lipinski definition) is 5. The molecule has 1 saturated heterocycles. The fourth-order valence-corrected chi connectivity index (χ4v) is 4.97. The summed E-state index contributed by atoms with van der Waals surface area (Å²) in [5, 5.41) is 4.54. The molecule has 2 heterocycles. The van der Waals surface area contributed by atoms with Crippen molar-refractivity contribution >= 4 is 41.2 Å². The van der Waals surface area contributed by atoms with Crippen LogP contribution in [-0.2, 0) is 4.79 Å². The quantitative estimate of drug-likeness (QED) is 0.602. The lowest BCUT2D eigenvalue weighted by Crippen LogP contribution is -2.42. The summed E-state index contributed by atoms with van der Waals surface area (Å²) in [7, 11) is 0. The molecule has 1 aromatic heterocycles. The Morgan fingerprint density at radius 3 is 2.91 bits per heavy atom. The number of piperidine rings is 1. The summed E-state index contributed by atoms with van der Waals surface area (Å²) in [6.45, 7) is 3.02. The normalized spacial score (nSPS) is 18.1. The highest BCUT2D eigenvalue weighted by atomic mass is 32.2. The number of rotatable bonds is 4. The second-order valence-corrected chi connectivity index (χ2v) is 8.45. The number of carbonyl (C=O) groups is 1. The number of carbonyl (C=O) groups excluding carboxylic acids is 1. The lowest BCUT2D eigenvalue weighted by atomic mass is 10.0. The van der Waals surface area contributed by atoms with Gasteiger partial charge in [0.25, 0.3) is 0 Å². The minimum atomic E-state index is 0.203. The van der Waals surface area contributed by atoms with Crippen molar-refractivity contribution < 1.29 is 4.79 Å². The van der Waals surface area contributed by atoms with Gasteiger partial charge in [-0.15, -0.1) is 5.10 Å². The van der Waals surface area contributed by atoms with E-state index in [0.29, 0.717) is 15.7 Å². The van der Waals surface area contributed by atoms with Gasteiger partial charge in [-0.25, -0.2) is 4.68 Å². The van der Waals surface area contributed by atoms with E-state index >= 15 is 0 Å². The highest BCUT2D eigenvalue weighted by Gasteiger charge is 2.23. The first-order chi connectivity index (χ1) is 11.1. The molecule has 122 valence electrons. The second kappa shape index (κ2) is 7.59. The third kappa shape index (κ3) is 4.02. The molecule has 1 atom stereocenters. The number of nitrogens with zero attached hydrogens (tertiary/aromatic N) is 3. The highest BCUT2D eigenvalue weighted by Crippen LogP contribution is 2.25. The van der Waals surface area contributed by atoms with E-state index in [2.05, 4.69) is 12.0 Å². The number of hydrogen-bond donors (Lipinski definition) is 0. The average Bonchev–Trinajstić information content (AvgIpc) is 2.95. The summed E-state index contributed by atoms with van der Waals surface area (Å²) < 4.78 is 3.31. The van der Waals surface area contributed by atoms with Crippen LogP contribution >= 0.6 is 35.3 Å². The minimum Gasteiger partial charge on any atom is -0.339 e. The van der Waals surface area contributed by atoms with Crippen molar-refractivity contribution in [3.8, 4) is 5.69 Å². The van der Waals surface area contributed by atoms with E-state index in [1.807, 2.05) is 35.2 Å². The SMILES string of the molecule is C[C@@H]1CCCCN1C(=O)CSc1nn(-c2ccccc2)c(=S)s1. The van der Waals surface area contributed by atoms with Crippen LogP contribution in [0.2, 0.25) is 0 Å². The first kappa shape index (κ1) is 16.7. The minimum absolute atomic E-state index is 0.203. The molecule has 1 aliphatic heterocycles. The van der Waals surface area contributed by atoms with Crippen LogP contribution < -0.4 is 0 Å². The Kier molecular flexibility index (Phi) is 5.50. The number of benzene rings is 1. The first-order valence-electron chi connectivity index (χ1n) is 7.73. The molecule has 1 aromatic carbocycles. The summed E-state index contributed by atoms with van der Waals surface area (Å²) in [5.41, 5.74) is 0.955. The zero-order valence-corrected chi connectivity index (χ0v) is 15.4. The Morgan fingerprint density at radius 2 is 2.17 bits per heavy atom. The van der Waals surface area contributed by atoms with Crippen molar-refractivity contribution in [3.05, 3.63) is 34.3 Å². The predicted molar refractivity (Wildman–Crippen MR) is 98.0 cm³/mol. The molecule has 0 bridgehead atoms. The fraction of sp³-hybridized carbons (Fsp3) is 0.438. The van der Waals surface area contributed by atoms with Crippen molar-refractivity contribution in [3.63, 3.8) is 0 Å². The summed E-state index contributed by atoms with van der Waals surface area (Å²) in [4.78, 5) is 14.4. The summed E-state index contributed by atoms with van der Waals surface area (Å²) >= 11 is 8.33. The maximum absolute atomic E-state index is 12.4. The Hall–Kier alpha value is -1.18. The Labute approximate surface area is 149 Å². The van der Waals surface area contributed by atoms with E-state index < -0.39 is 0 Å². The Balaban J connectivity index is 1.65. The summed E-state index contributed by atoms with van der Waals surface area (Å²) in [5.74, 6) is 0.635. The monoisotopic (exact) mass is 365 g/mol. The van der Waals surface area contributed by atoms with E-state index in [1.165, 1.54) is 29.5 Å². The van der Waals surface area contributed by atoms with Gasteiger partial charge in [0.2, 0.25) is 5.91 Å². The number of aromatic nitrogens is 2. The zero-order chi connectivity index (χ0) is 16.2. The molecule has 3 rings (SSSR count). The first-order valence-corrected chi connectivity index (χ1v) is 9.94. The lowest BCUT2D eigenvalue weighted by Gasteiger charge is -2.33. The van der Waals surface area contributed by atoms with Crippen LogP contribution in [0.1, 0.15) is 26.2 Å². The molecule has 0 N–H and O–H groups in total. The molecule has 7 heteroatoms. The number of likely N-dealkylation sites (tertiary alicyclic amines) is 1. The third-order valence-electron chi connectivity index (χ3n) is 3.97. The van der Waals surface area contributed by atoms with Gasteiger partial charge in [-0.1, -0.05) is 41.3 Å². The number of amides is 1. The molecule has 1 fully saturated rings. The molecule has 0 aliphatic carbocycles. The van der Waals surface area contributed by atoms with Gasteiger partial charge in [0.05, 0.1) is 11.4 Å². The van der Waals surface area contributed by atoms with Crippen molar-refractivity contribution in [2.24, 2.45) is 0 Å². The van der Waals surface area contributed by atoms with Crippen molar-refractivity contribution in [2.75, 3.05) is 12.3 Å². The third-order valence-corrected chi connectivity index (χ3v) is 6.32. The topological polar surface area (TPSA) is 38.1 Å². The number of para-hydroxylation sites is 1. The van der Waals surface area contributed by atoms with Crippen LogP contribution in [-0.4, -0.2) is 38.9 Å².